The number of ether oxygens (including phenoxy) is 1. The zero-order valence-electron chi connectivity index (χ0n) is 14.4. The molecule has 3 aromatic rings. The fourth-order valence-corrected chi connectivity index (χ4v) is 3.14. The Labute approximate surface area is 162 Å². The fourth-order valence-electron chi connectivity index (χ4n) is 2.29. The minimum atomic E-state index is -0.755. The van der Waals surface area contributed by atoms with Crippen LogP contribution in [0.5, 0.6) is 5.75 Å². The maximum atomic E-state index is 13.9. The summed E-state index contributed by atoms with van der Waals surface area (Å²) in [5.74, 6) is -1.72. The maximum absolute atomic E-state index is 13.9. The van der Waals surface area contributed by atoms with Gasteiger partial charge in [0.2, 0.25) is 0 Å². The van der Waals surface area contributed by atoms with E-state index >= 15 is 0 Å². The van der Waals surface area contributed by atoms with Gasteiger partial charge in [-0.3, -0.25) is 9.78 Å². The highest BCUT2D eigenvalue weighted by Crippen LogP contribution is 2.29. The van der Waals surface area contributed by atoms with Crippen LogP contribution in [-0.2, 0) is 0 Å². The molecule has 0 spiro atoms. The quantitative estimate of drug-likeness (QED) is 0.447. The van der Waals surface area contributed by atoms with Crippen LogP contribution in [0.15, 0.2) is 47.2 Å². The van der Waals surface area contributed by atoms with Gasteiger partial charge in [0.15, 0.2) is 0 Å². The van der Waals surface area contributed by atoms with Crippen LogP contribution in [0.1, 0.15) is 16.9 Å². The Bertz CT molecular complexity index is 976. The molecule has 0 saturated carbocycles. The van der Waals surface area contributed by atoms with Gasteiger partial charge >= 0.3 is 0 Å². The highest BCUT2D eigenvalue weighted by Gasteiger charge is 2.18. The molecule has 144 valence electrons. The molecule has 2 aromatic heterocycles. The lowest BCUT2D eigenvalue weighted by molar-refractivity contribution is 0.102. The van der Waals surface area contributed by atoms with Crippen LogP contribution in [0.3, 0.4) is 0 Å². The first-order chi connectivity index (χ1) is 13.6. The van der Waals surface area contributed by atoms with Crippen LogP contribution < -0.4 is 10.1 Å². The van der Waals surface area contributed by atoms with E-state index in [9.17, 15) is 18.5 Å². The minimum Gasteiger partial charge on any atom is -0.491 e. The first-order valence-electron chi connectivity index (χ1n) is 8.17. The third-order valence-electron chi connectivity index (χ3n) is 3.59. The molecule has 0 saturated heterocycles. The van der Waals surface area contributed by atoms with Gasteiger partial charge in [-0.05, 0) is 12.1 Å². The number of thiazole rings is 1. The van der Waals surface area contributed by atoms with Gasteiger partial charge in [-0.25, -0.2) is 13.8 Å². The normalized spacial score (nSPS) is 10.5. The van der Waals surface area contributed by atoms with E-state index in [2.05, 4.69) is 20.5 Å². The number of pyridine rings is 1. The molecule has 2 heterocycles. The topological polar surface area (TPSA) is 93.5 Å². The Hall–Kier alpha value is -3.27. The number of benzene rings is 1. The third-order valence-corrected chi connectivity index (χ3v) is 4.45. The Morgan fingerprint density at radius 3 is 2.79 bits per heavy atom. The number of carbonyl (C=O) groups is 1. The SMILES string of the molecule is O=NCCCOc1ccncc1NC(=O)c1csc(-c2c(F)cccc2F)n1. The smallest absolute Gasteiger partial charge is 0.275 e. The largest absolute Gasteiger partial charge is 0.491 e. The van der Waals surface area contributed by atoms with Gasteiger partial charge in [-0.15, -0.1) is 11.3 Å². The van der Waals surface area contributed by atoms with Gasteiger partial charge in [0, 0.05) is 24.1 Å². The zero-order valence-corrected chi connectivity index (χ0v) is 15.2. The van der Waals surface area contributed by atoms with Crippen molar-refractivity contribution in [2.45, 2.75) is 6.42 Å². The lowest BCUT2D eigenvalue weighted by atomic mass is 10.2. The van der Waals surface area contributed by atoms with E-state index < -0.39 is 17.5 Å². The molecule has 0 radical (unpaired) electrons. The summed E-state index contributed by atoms with van der Waals surface area (Å²) in [6, 6.07) is 5.06. The summed E-state index contributed by atoms with van der Waals surface area (Å²) >= 11 is 0.955. The molecule has 0 aliphatic heterocycles. The second-order valence-electron chi connectivity index (χ2n) is 5.52. The molecule has 28 heavy (non-hydrogen) atoms. The molecule has 0 aliphatic carbocycles. The molecular weight excluding hydrogens is 390 g/mol. The van der Waals surface area contributed by atoms with E-state index in [4.69, 9.17) is 4.74 Å². The van der Waals surface area contributed by atoms with E-state index in [-0.39, 0.29) is 29.4 Å². The highest BCUT2D eigenvalue weighted by molar-refractivity contribution is 7.13. The van der Waals surface area contributed by atoms with Gasteiger partial charge in [0.25, 0.3) is 5.91 Å². The van der Waals surface area contributed by atoms with Crippen LogP contribution in [0, 0.1) is 16.5 Å². The summed E-state index contributed by atoms with van der Waals surface area (Å²) in [5, 5.41) is 6.82. The molecular formula is C18H14F2N4O3S. The van der Waals surface area contributed by atoms with Crippen molar-refractivity contribution in [1.82, 2.24) is 9.97 Å². The number of halogens is 2. The minimum absolute atomic E-state index is 0.00242. The lowest BCUT2D eigenvalue weighted by Gasteiger charge is -2.10. The first-order valence-corrected chi connectivity index (χ1v) is 9.05. The molecule has 1 aromatic carbocycles. The zero-order chi connectivity index (χ0) is 19.9. The average Bonchev–Trinajstić information content (AvgIpc) is 3.16. The van der Waals surface area contributed by atoms with E-state index in [0.717, 1.165) is 23.5 Å². The van der Waals surface area contributed by atoms with E-state index in [0.29, 0.717) is 17.9 Å². The van der Waals surface area contributed by atoms with Crippen molar-refractivity contribution in [2.75, 3.05) is 18.5 Å². The molecule has 7 nitrogen and oxygen atoms in total. The van der Waals surface area contributed by atoms with Gasteiger partial charge in [0.05, 0.1) is 24.9 Å². The molecule has 0 bridgehead atoms. The van der Waals surface area contributed by atoms with Crippen molar-refractivity contribution in [3.05, 3.63) is 64.3 Å². The maximum Gasteiger partial charge on any atom is 0.275 e. The Balaban J connectivity index is 1.74. The molecule has 3 rings (SSSR count). The van der Waals surface area contributed by atoms with Crippen LogP contribution in [0.4, 0.5) is 14.5 Å². The van der Waals surface area contributed by atoms with Crippen molar-refractivity contribution in [3.8, 4) is 16.3 Å². The number of anilines is 1. The van der Waals surface area contributed by atoms with Crippen molar-refractivity contribution in [2.24, 2.45) is 5.18 Å². The van der Waals surface area contributed by atoms with Crippen molar-refractivity contribution in [3.63, 3.8) is 0 Å². The summed E-state index contributed by atoms with van der Waals surface area (Å²) in [7, 11) is 0. The molecule has 1 amide bonds. The standard InChI is InChI=1S/C18H14F2N4O3S/c19-11-3-1-4-12(20)16(11)18-24-14(10-28-18)17(25)23-13-9-21-7-5-15(13)27-8-2-6-22-26/h1,3-5,7,9-10H,2,6,8H2,(H,23,25). The van der Waals surface area contributed by atoms with Crippen molar-refractivity contribution < 1.29 is 18.3 Å². The second kappa shape index (κ2) is 9.09. The van der Waals surface area contributed by atoms with Gasteiger partial charge < -0.3 is 10.1 Å². The Morgan fingerprint density at radius 1 is 1.25 bits per heavy atom. The summed E-state index contributed by atoms with van der Waals surface area (Å²) in [5.41, 5.74) is 0.0292. The average molecular weight is 404 g/mol. The van der Waals surface area contributed by atoms with Gasteiger partial charge in [-0.1, -0.05) is 11.2 Å². The van der Waals surface area contributed by atoms with E-state index in [1.54, 1.807) is 6.07 Å². The number of hydrogen-bond acceptors (Lipinski definition) is 7. The summed E-state index contributed by atoms with van der Waals surface area (Å²) in [4.78, 5) is 30.5. The third kappa shape index (κ3) is 4.52. The second-order valence-corrected chi connectivity index (χ2v) is 6.37. The summed E-state index contributed by atoms with van der Waals surface area (Å²) in [6.45, 7) is 0.368. The van der Waals surface area contributed by atoms with Crippen LogP contribution in [-0.4, -0.2) is 29.0 Å². The molecule has 0 atom stereocenters. The van der Waals surface area contributed by atoms with Gasteiger partial charge in [0.1, 0.15) is 33.8 Å². The molecule has 0 fully saturated rings. The van der Waals surface area contributed by atoms with Crippen molar-refractivity contribution in [1.29, 1.82) is 0 Å². The summed E-state index contributed by atoms with van der Waals surface area (Å²) < 4.78 is 33.3. The molecule has 10 heteroatoms. The van der Waals surface area contributed by atoms with Crippen LogP contribution in [0.2, 0.25) is 0 Å². The number of nitroso groups, excluding NO2 is 1. The predicted molar refractivity (Wildman–Crippen MR) is 100 cm³/mol. The number of carbonyl (C=O) groups excluding carboxylic acids is 1. The Kier molecular flexibility index (Phi) is 6.33. The van der Waals surface area contributed by atoms with Gasteiger partial charge in [-0.2, -0.15) is 4.91 Å². The van der Waals surface area contributed by atoms with E-state index in [1.807, 2.05) is 0 Å². The highest BCUT2D eigenvalue weighted by atomic mass is 32.1. The number of hydrogen-bond donors (Lipinski definition) is 1. The predicted octanol–water partition coefficient (Wildman–Crippen LogP) is 4.27. The monoisotopic (exact) mass is 404 g/mol. The Morgan fingerprint density at radius 2 is 2.04 bits per heavy atom. The van der Waals surface area contributed by atoms with Crippen LogP contribution in [0.25, 0.3) is 10.6 Å². The van der Waals surface area contributed by atoms with Crippen molar-refractivity contribution >= 4 is 22.9 Å². The number of amides is 1. The number of aromatic nitrogens is 2. The number of rotatable bonds is 8. The number of nitrogens with zero attached hydrogens (tertiary/aromatic N) is 3. The van der Waals surface area contributed by atoms with E-state index in [1.165, 1.54) is 23.8 Å². The lowest BCUT2D eigenvalue weighted by Crippen LogP contribution is -2.14. The molecule has 0 unspecified atom stereocenters. The number of nitrogens with one attached hydrogen (secondary N) is 1. The fraction of sp³-hybridized carbons (Fsp3) is 0.167. The first kappa shape index (κ1) is 19.5. The summed E-state index contributed by atoms with van der Waals surface area (Å²) in [6.07, 6.45) is 3.32. The van der Waals surface area contributed by atoms with Crippen LogP contribution >= 0.6 is 11.3 Å². The molecule has 1 N–H and O–H groups in total. The molecule has 0 aliphatic rings.